The van der Waals surface area contributed by atoms with Crippen molar-refractivity contribution in [2.24, 2.45) is 28.6 Å². The number of carbonyl (C=O) groups excluding carboxylic acids is 6. The molecule has 292 valence electrons. The number of carbonyl (C=O) groups is 6. The zero-order valence-corrected chi connectivity index (χ0v) is 32.1. The summed E-state index contributed by atoms with van der Waals surface area (Å²) in [6, 6.07) is -3.72. The van der Waals surface area contributed by atoms with Gasteiger partial charge < -0.3 is 36.2 Å². The number of hydrogen-bond donors (Lipinski definition) is 5. The lowest BCUT2D eigenvalue weighted by atomic mass is 9.86. The van der Waals surface area contributed by atoms with Gasteiger partial charge in [0, 0.05) is 25.0 Å². The summed E-state index contributed by atoms with van der Waals surface area (Å²) in [6.07, 6.45) is 12.2. The average Bonchev–Trinajstić information content (AvgIpc) is 3.78. The van der Waals surface area contributed by atoms with E-state index in [1.807, 2.05) is 20.8 Å². The molecule has 0 radical (unpaired) electrons. The smallest absolute Gasteiger partial charge is 0.315 e. The molecule has 0 aromatic heterocycles. The summed E-state index contributed by atoms with van der Waals surface area (Å²) in [6.45, 7) is 10.1. The van der Waals surface area contributed by atoms with Gasteiger partial charge in [-0.15, -0.1) is 0 Å². The SMILES string of the molecule is CC(C)(C)[C@@H](CN(CO)C(=O)C1CCCC1)NC(=O)N[C@H]1CCCCCCCCC[C@@H](C(=O)C(=O)NC2CC2)NC(=O)[C@@H]2[C@@H]3[C@H](CN2C1=O)C3(C)C. The fourth-order valence-corrected chi connectivity index (χ4v) is 8.78. The Bertz CT molecular complexity index is 1340. The molecule has 52 heavy (non-hydrogen) atoms. The molecule has 5 rings (SSSR count). The lowest BCUT2D eigenvalue weighted by Crippen LogP contribution is -2.60. The third-order valence-corrected chi connectivity index (χ3v) is 12.6. The van der Waals surface area contributed by atoms with Crippen LogP contribution in [0.25, 0.3) is 0 Å². The molecule has 5 aliphatic rings. The number of aliphatic hydroxyl groups excluding tert-OH is 1. The van der Waals surface area contributed by atoms with E-state index in [0.717, 1.165) is 77.0 Å². The second-order valence-electron chi connectivity index (χ2n) is 17.9. The molecular weight excluding hydrogens is 664 g/mol. The predicted molar refractivity (Wildman–Crippen MR) is 195 cm³/mol. The maximum atomic E-state index is 14.5. The summed E-state index contributed by atoms with van der Waals surface area (Å²) in [5, 5.41) is 21.8. The van der Waals surface area contributed by atoms with Gasteiger partial charge in [-0.1, -0.05) is 92.4 Å². The largest absolute Gasteiger partial charge is 0.376 e. The molecule has 6 amide bonds. The lowest BCUT2D eigenvalue weighted by molar-refractivity contribution is -0.144. The van der Waals surface area contributed by atoms with Gasteiger partial charge >= 0.3 is 6.03 Å². The highest BCUT2D eigenvalue weighted by atomic mass is 16.3. The van der Waals surface area contributed by atoms with Gasteiger partial charge in [0.25, 0.3) is 5.91 Å². The highest BCUT2D eigenvalue weighted by Gasteiger charge is 2.69. The summed E-state index contributed by atoms with van der Waals surface area (Å²) in [5.74, 6) is -2.29. The third-order valence-electron chi connectivity index (χ3n) is 12.6. The van der Waals surface area contributed by atoms with Crippen molar-refractivity contribution >= 4 is 35.4 Å². The summed E-state index contributed by atoms with van der Waals surface area (Å²) in [5.41, 5.74) is -0.642. The summed E-state index contributed by atoms with van der Waals surface area (Å²) < 4.78 is 0. The molecule has 6 atom stereocenters. The Morgan fingerprint density at radius 3 is 2.08 bits per heavy atom. The molecule has 0 aromatic carbocycles. The van der Waals surface area contributed by atoms with E-state index >= 15 is 0 Å². The van der Waals surface area contributed by atoms with Crippen LogP contribution in [-0.4, -0.2) is 100 Å². The fraction of sp³-hybridized carbons (Fsp3) is 0.846. The number of nitrogens with zero attached hydrogens (tertiary/aromatic N) is 2. The first-order valence-corrected chi connectivity index (χ1v) is 20.1. The van der Waals surface area contributed by atoms with E-state index in [1.54, 1.807) is 4.90 Å². The van der Waals surface area contributed by atoms with Gasteiger partial charge in [-0.2, -0.15) is 0 Å². The number of hydrogen-bond acceptors (Lipinski definition) is 7. The Hall–Kier alpha value is -3.22. The normalized spacial score (nSPS) is 29.3. The first-order valence-electron chi connectivity index (χ1n) is 20.1. The van der Waals surface area contributed by atoms with Crippen LogP contribution in [0.3, 0.4) is 0 Å². The molecule has 3 saturated carbocycles. The Kier molecular flexibility index (Phi) is 13.0. The van der Waals surface area contributed by atoms with Crippen LogP contribution in [0.2, 0.25) is 0 Å². The number of aliphatic hydroxyl groups is 1. The summed E-state index contributed by atoms with van der Waals surface area (Å²) in [4.78, 5) is 84.7. The molecule has 2 aliphatic heterocycles. The standard InChI is InChI=1S/C39H64N6O7/c1-38(2,3)29(22-44(23-46)35(50)24-15-13-14-16-24)43-37(52)42-28-18-12-10-8-6-7-9-11-17-27(32(47)34(49)40-25-19-20-25)41-33(48)31-30-26(39(30,4)5)21-45(31)36(28)51/h24-31,46H,6-23H2,1-5H3,(H,40,49)(H,41,48)(H2,42,43,52)/t26-,27-,28-,29+,30-,31-/m0/s1. The van der Waals surface area contributed by atoms with Crippen LogP contribution in [0.1, 0.15) is 131 Å². The molecule has 2 heterocycles. The van der Waals surface area contributed by atoms with Crippen LogP contribution in [0, 0.1) is 28.6 Å². The first kappa shape index (κ1) is 40.0. The lowest BCUT2D eigenvalue weighted by Gasteiger charge is -2.37. The van der Waals surface area contributed by atoms with Gasteiger partial charge in [-0.25, -0.2) is 4.79 Å². The van der Waals surface area contributed by atoms with Crippen LogP contribution in [0.4, 0.5) is 4.79 Å². The van der Waals surface area contributed by atoms with Gasteiger partial charge in [0.2, 0.25) is 23.5 Å². The summed E-state index contributed by atoms with van der Waals surface area (Å²) >= 11 is 0. The minimum atomic E-state index is -0.968. The van der Waals surface area contributed by atoms with Crippen molar-refractivity contribution in [3.05, 3.63) is 0 Å². The van der Waals surface area contributed by atoms with Gasteiger partial charge in [-0.3, -0.25) is 24.0 Å². The van der Waals surface area contributed by atoms with Gasteiger partial charge in [-0.05, 0) is 61.2 Å². The second-order valence-corrected chi connectivity index (χ2v) is 17.9. The number of ketones is 1. The van der Waals surface area contributed by atoms with Gasteiger partial charge in [0.15, 0.2) is 0 Å². The van der Waals surface area contributed by atoms with Crippen molar-refractivity contribution in [2.45, 2.75) is 161 Å². The molecule has 13 heteroatoms. The van der Waals surface area contributed by atoms with E-state index in [9.17, 15) is 33.9 Å². The number of piperidine rings is 1. The number of urea groups is 1. The molecular formula is C39H64N6O7. The summed E-state index contributed by atoms with van der Waals surface area (Å²) in [7, 11) is 0. The quantitative estimate of drug-likeness (QED) is 0.179. The zero-order valence-electron chi connectivity index (χ0n) is 32.1. The van der Waals surface area contributed by atoms with Crippen LogP contribution < -0.4 is 21.3 Å². The molecule has 5 fully saturated rings. The second kappa shape index (κ2) is 16.8. The minimum Gasteiger partial charge on any atom is -0.376 e. The third kappa shape index (κ3) is 9.65. The van der Waals surface area contributed by atoms with Crippen molar-refractivity contribution in [3.8, 4) is 0 Å². The molecule has 0 spiro atoms. The first-order chi connectivity index (χ1) is 24.6. The Morgan fingerprint density at radius 2 is 1.48 bits per heavy atom. The van der Waals surface area contributed by atoms with Crippen molar-refractivity contribution in [1.29, 1.82) is 0 Å². The molecule has 0 bridgehead atoms. The molecule has 0 aromatic rings. The molecule has 3 aliphatic carbocycles. The monoisotopic (exact) mass is 728 g/mol. The van der Waals surface area contributed by atoms with E-state index in [-0.39, 0.29) is 47.6 Å². The van der Waals surface area contributed by atoms with E-state index in [1.165, 1.54) is 4.90 Å². The number of amides is 6. The highest BCUT2D eigenvalue weighted by Crippen LogP contribution is 2.65. The number of Topliss-reactive ketones (excluding diaryl/α,β-unsaturated/α-hetero) is 1. The van der Waals surface area contributed by atoms with Crippen LogP contribution in [-0.2, 0) is 24.0 Å². The topological polar surface area (TPSA) is 177 Å². The van der Waals surface area contributed by atoms with Crippen LogP contribution in [0.5, 0.6) is 0 Å². The Labute approximate surface area is 309 Å². The minimum absolute atomic E-state index is 0.0163. The predicted octanol–water partition coefficient (Wildman–Crippen LogP) is 3.38. The maximum Gasteiger partial charge on any atom is 0.315 e. The molecule has 0 unspecified atom stereocenters. The van der Waals surface area contributed by atoms with E-state index in [2.05, 4.69) is 35.1 Å². The van der Waals surface area contributed by atoms with Crippen LogP contribution >= 0.6 is 0 Å². The zero-order chi connectivity index (χ0) is 37.8. The number of fused-ring (bicyclic) bond motifs is 3. The van der Waals surface area contributed by atoms with Crippen LogP contribution in [0.15, 0.2) is 0 Å². The fourth-order valence-electron chi connectivity index (χ4n) is 8.78. The van der Waals surface area contributed by atoms with Crippen molar-refractivity contribution < 1.29 is 33.9 Å². The van der Waals surface area contributed by atoms with Crippen molar-refractivity contribution in [2.75, 3.05) is 19.8 Å². The Balaban J connectivity index is 1.32. The van der Waals surface area contributed by atoms with E-state index in [4.69, 9.17) is 0 Å². The molecule has 5 N–H and O–H groups in total. The maximum absolute atomic E-state index is 14.5. The van der Waals surface area contributed by atoms with E-state index < -0.39 is 59.9 Å². The number of nitrogens with one attached hydrogen (secondary N) is 4. The van der Waals surface area contributed by atoms with Crippen molar-refractivity contribution in [1.82, 2.24) is 31.1 Å². The number of rotatable bonds is 9. The molecule has 2 saturated heterocycles. The molecule has 13 nitrogen and oxygen atoms in total. The Morgan fingerprint density at radius 1 is 0.885 bits per heavy atom. The van der Waals surface area contributed by atoms with E-state index in [0.29, 0.717) is 25.8 Å². The van der Waals surface area contributed by atoms with Crippen molar-refractivity contribution in [3.63, 3.8) is 0 Å². The van der Waals surface area contributed by atoms with Gasteiger partial charge in [0.05, 0.1) is 12.1 Å². The average molecular weight is 729 g/mol. The highest BCUT2D eigenvalue weighted by molar-refractivity contribution is 6.38. The van der Waals surface area contributed by atoms with Gasteiger partial charge in [0.1, 0.15) is 18.8 Å².